The fraction of sp³-hybridized carbons (Fsp3) is 0.300. The van der Waals surface area contributed by atoms with Crippen LogP contribution in [0.25, 0.3) is 0 Å². The van der Waals surface area contributed by atoms with Crippen LogP contribution in [0.3, 0.4) is 0 Å². The molecule has 0 aromatic carbocycles. The van der Waals surface area contributed by atoms with Crippen molar-refractivity contribution in [2.45, 2.75) is 11.1 Å². The summed E-state index contributed by atoms with van der Waals surface area (Å²) in [4.78, 5) is 0. The van der Waals surface area contributed by atoms with E-state index in [0.717, 1.165) is 11.4 Å². The second-order valence-corrected chi connectivity index (χ2v) is 5.49. The summed E-state index contributed by atoms with van der Waals surface area (Å²) in [7, 11) is -4.12. The van der Waals surface area contributed by atoms with E-state index in [9.17, 15) is 13.2 Å². The van der Waals surface area contributed by atoms with Gasteiger partial charge in [0.1, 0.15) is 12.7 Å². The Morgan fingerprint density at radius 2 is 1.90 bits per heavy atom. The van der Waals surface area contributed by atoms with E-state index in [4.69, 9.17) is 24.6 Å². The zero-order chi connectivity index (χ0) is 15.6. The Bertz CT molecular complexity index is 606. The van der Waals surface area contributed by atoms with E-state index < -0.39 is 15.6 Å². The van der Waals surface area contributed by atoms with Gasteiger partial charge in [0.15, 0.2) is 10.1 Å². The number of rotatable bonds is 0. The third kappa shape index (κ3) is 4.09. The molecule has 1 atom stereocenters. The second-order valence-electron chi connectivity index (χ2n) is 3.70. The lowest BCUT2D eigenvalue weighted by Crippen LogP contribution is -2.23. The molecular weight excluding hydrogens is 321 g/mol. The molecule has 1 heterocycles. The molecule has 0 amide bonds. The maximum atomic E-state index is 10.7. The normalized spacial score (nSPS) is 21.5. The van der Waals surface area contributed by atoms with Gasteiger partial charge in [-0.15, -0.1) is 0 Å². The smallest absolute Gasteiger partial charge is 0.485 e. The molecule has 0 radical (unpaired) electrons. The van der Waals surface area contributed by atoms with Crippen molar-refractivity contribution < 1.29 is 30.7 Å². The average molecular weight is 331 g/mol. The molecule has 5 nitrogen and oxygen atoms in total. The zero-order valence-corrected chi connectivity index (χ0v) is 11.6. The monoisotopic (exact) mass is 330 g/mol. The van der Waals surface area contributed by atoms with Crippen LogP contribution >= 0.6 is 11.6 Å². The fourth-order valence-electron chi connectivity index (χ4n) is 1.31. The molecule has 2 aliphatic rings. The minimum Gasteiger partial charge on any atom is -0.741 e. The van der Waals surface area contributed by atoms with Gasteiger partial charge in [-0.05, 0) is 17.7 Å². The van der Waals surface area contributed by atoms with Gasteiger partial charge >= 0.3 is 11.1 Å². The number of alkyl halides is 4. The van der Waals surface area contributed by atoms with E-state index in [-0.39, 0.29) is 5.62 Å². The predicted molar refractivity (Wildman–Crippen MR) is 66.1 cm³/mol. The summed E-state index contributed by atoms with van der Waals surface area (Å²) in [5.41, 5.74) is -3.54. The van der Waals surface area contributed by atoms with E-state index in [1.165, 1.54) is 0 Å². The van der Waals surface area contributed by atoms with Crippen LogP contribution in [-0.4, -0.2) is 41.4 Å². The van der Waals surface area contributed by atoms with E-state index in [1.54, 1.807) is 0 Å². The number of nitrogens with one attached hydrogen (secondary N) is 1. The van der Waals surface area contributed by atoms with Gasteiger partial charge in [0.05, 0.1) is 0 Å². The van der Waals surface area contributed by atoms with Crippen LogP contribution in [0, 0.1) is 0 Å². The predicted octanol–water partition coefficient (Wildman–Crippen LogP) is 1.26. The van der Waals surface area contributed by atoms with Crippen molar-refractivity contribution in [3.05, 3.63) is 36.1 Å². The van der Waals surface area contributed by atoms with Crippen molar-refractivity contribution in [3.63, 3.8) is 0 Å². The summed E-state index contributed by atoms with van der Waals surface area (Å²) in [6, 6.07) is 0. The van der Waals surface area contributed by atoms with Crippen LogP contribution in [0.5, 0.6) is 0 Å². The van der Waals surface area contributed by atoms with E-state index in [0.29, 0.717) is 0 Å². The first kappa shape index (κ1) is 16.7. The molecule has 0 saturated heterocycles. The largest absolute Gasteiger partial charge is 0.741 e. The van der Waals surface area contributed by atoms with Crippen molar-refractivity contribution in [1.29, 1.82) is 0 Å². The van der Waals surface area contributed by atoms with Crippen molar-refractivity contribution in [2.24, 2.45) is 0 Å². The Morgan fingerprint density at radius 3 is 2.40 bits per heavy atom. The van der Waals surface area contributed by atoms with E-state index in [2.05, 4.69) is 5.32 Å². The minimum absolute atomic E-state index is 0.123. The number of allylic oxidation sites excluding steroid dienone is 5. The minimum atomic E-state index is -6.09. The first-order valence-electron chi connectivity index (χ1n) is 5.12. The molecule has 0 bridgehead atoms. The topological polar surface area (TPSA) is 72.2 Å². The number of nitrogens with zero attached hydrogens (tertiary/aromatic N) is 1. The highest BCUT2D eigenvalue weighted by atomic mass is 35.5. The number of halogens is 4. The Kier molecular flexibility index (Phi) is 5.00. The van der Waals surface area contributed by atoms with Gasteiger partial charge in [-0.1, -0.05) is 18.2 Å². The molecule has 1 aliphatic carbocycles. The van der Waals surface area contributed by atoms with Gasteiger partial charge in [-0.3, -0.25) is 0 Å². The van der Waals surface area contributed by atoms with Gasteiger partial charge in [0.2, 0.25) is 5.71 Å². The van der Waals surface area contributed by atoms with Gasteiger partial charge in [0, 0.05) is 6.08 Å². The van der Waals surface area contributed by atoms with E-state index >= 15 is 0 Å². The van der Waals surface area contributed by atoms with Crippen molar-refractivity contribution >= 4 is 27.4 Å². The van der Waals surface area contributed by atoms with Gasteiger partial charge in [0.25, 0.3) is 0 Å². The lowest BCUT2D eigenvalue weighted by molar-refractivity contribution is -0.509. The fourth-order valence-corrected chi connectivity index (χ4v) is 1.54. The van der Waals surface area contributed by atoms with E-state index in [1.807, 2.05) is 42.0 Å². The third-order valence-corrected chi connectivity index (χ3v) is 3.26. The molecular formula is C10H10ClF3N2O3S. The first-order valence-corrected chi connectivity index (χ1v) is 6.96. The summed E-state index contributed by atoms with van der Waals surface area (Å²) in [5, 5.41) is 3.16. The SMILES string of the molecule is C[N+]1=C2C=CC=CC=C2NC1Cl.O=S(=O)([O-])C(F)(F)F. The summed E-state index contributed by atoms with van der Waals surface area (Å²) in [5.74, 6) is 0. The lowest BCUT2D eigenvalue weighted by atomic mass is 10.2. The van der Waals surface area contributed by atoms with Gasteiger partial charge in [-0.2, -0.15) is 17.7 Å². The maximum Gasteiger partial charge on any atom is 0.485 e. The Hall–Kier alpha value is -1.32. The number of fused-ring (bicyclic) bond motifs is 1. The van der Waals surface area contributed by atoms with Crippen LogP contribution < -0.4 is 5.32 Å². The van der Waals surface area contributed by atoms with Crippen molar-refractivity contribution in [2.75, 3.05) is 7.05 Å². The van der Waals surface area contributed by atoms with Crippen LogP contribution in [0.15, 0.2) is 36.1 Å². The van der Waals surface area contributed by atoms with Crippen molar-refractivity contribution in [1.82, 2.24) is 5.32 Å². The van der Waals surface area contributed by atoms with Crippen LogP contribution in [0.2, 0.25) is 0 Å². The standard InChI is InChI=1S/C9H9ClN2.CHF3O3S/c1-12-8-6-4-2-3-5-7(8)11-9(12)10;2-1(3,4)8(5,6)7/h2-6,9H,1H3;(H,5,6,7). The molecule has 1 unspecified atom stereocenters. The first-order chi connectivity index (χ1) is 9.04. The highest BCUT2D eigenvalue weighted by Gasteiger charge is 2.36. The van der Waals surface area contributed by atoms with Crippen LogP contribution in [-0.2, 0) is 10.1 Å². The molecule has 112 valence electrons. The molecule has 0 spiro atoms. The molecule has 0 fully saturated rings. The highest BCUT2D eigenvalue weighted by molar-refractivity contribution is 7.86. The Balaban J connectivity index is 0.000000221. The lowest BCUT2D eigenvalue weighted by Gasteiger charge is -2.08. The second kappa shape index (κ2) is 5.98. The summed E-state index contributed by atoms with van der Waals surface area (Å²) in [6.07, 6.45) is 10.1. The van der Waals surface area contributed by atoms with Gasteiger partial charge in [-0.25, -0.2) is 8.42 Å². The summed E-state index contributed by atoms with van der Waals surface area (Å²) in [6.45, 7) is 0. The number of hydrogen-bond acceptors (Lipinski definition) is 4. The molecule has 1 aliphatic heterocycles. The molecule has 1 N–H and O–H groups in total. The maximum absolute atomic E-state index is 10.7. The zero-order valence-electron chi connectivity index (χ0n) is 10.1. The summed E-state index contributed by atoms with van der Waals surface area (Å²) >= 11 is 5.99. The molecule has 10 heteroatoms. The van der Waals surface area contributed by atoms with Crippen LogP contribution in [0.4, 0.5) is 13.2 Å². The van der Waals surface area contributed by atoms with Gasteiger partial charge < -0.3 is 9.87 Å². The third-order valence-electron chi connectivity index (χ3n) is 2.29. The molecule has 20 heavy (non-hydrogen) atoms. The number of hydrogen-bond donors (Lipinski definition) is 1. The quantitative estimate of drug-likeness (QED) is 0.239. The van der Waals surface area contributed by atoms with Crippen molar-refractivity contribution in [3.8, 4) is 0 Å². The molecule has 0 aromatic heterocycles. The molecule has 0 saturated carbocycles. The molecule has 2 rings (SSSR count). The average Bonchev–Trinajstić information content (AvgIpc) is 2.50. The van der Waals surface area contributed by atoms with Crippen LogP contribution in [0.1, 0.15) is 0 Å². The Morgan fingerprint density at radius 1 is 1.35 bits per heavy atom. The highest BCUT2D eigenvalue weighted by Crippen LogP contribution is 2.20. The Labute approximate surface area is 118 Å². The summed E-state index contributed by atoms with van der Waals surface area (Å²) < 4.78 is 60.9. The molecule has 0 aromatic rings.